The lowest BCUT2D eigenvalue weighted by Crippen LogP contribution is -2.15. The number of benzene rings is 1. The van der Waals surface area contributed by atoms with Gasteiger partial charge in [0.05, 0.1) is 0 Å². The van der Waals surface area contributed by atoms with Crippen LogP contribution in [0.3, 0.4) is 0 Å². The van der Waals surface area contributed by atoms with Gasteiger partial charge >= 0.3 is 0 Å². The molecule has 0 amide bonds. The minimum atomic E-state index is 0.391. The molecule has 0 spiro atoms. The van der Waals surface area contributed by atoms with E-state index in [2.05, 4.69) is 63.4 Å². The molecule has 2 rings (SSSR count). The fourth-order valence-electron chi connectivity index (χ4n) is 1.90. The molecule has 4 nitrogen and oxygen atoms in total. The summed E-state index contributed by atoms with van der Waals surface area (Å²) >= 11 is 3.50. The maximum Gasteiger partial charge on any atom is 0.229 e. The van der Waals surface area contributed by atoms with E-state index in [1.54, 1.807) is 0 Å². The first kappa shape index (κ1) is 15.8. The Labute approximate surface area is 134 Å². The summed E-state index contributed by atoms with van der Waals surface area (Å²) in [6, 6.07) is 8.44. The van der Waals surface area contributed by atoms with Crippen molar-refractivity contribution in [3.63, 3.8) is 0 Å². The van der Waals surface area contributed by atoms with Crippen LogP contribution in [-0.4, -0.2) is 16.0 Å². The van der Waals surface area contributed by atoms with Gasteiger partial charge < -0.3 is 10.6 Å². The van der Waals surface area contributed by atoms with Gasteiger partial charge in [0.2, 0.25) is 5.95 Å². The van der Waals surface area contributed by atoms with Gasteiger partial charge in [0, 0.05) is 28.0 Å². The van der Waals surface area contributed by atoms with E-state index in [1.807, 2.05) is 25.1 Å². The molecule has 2 aromatic rings. The van der Waals surface area contributed by atoms with Gasteiger partial charge in [0.25, 0.3) is 0 Å². The van der Waals surface area contributed by atoms with Crippen molar-refractivity contribution in [3.05, 3.63) is 40.0 Å². The molecule has 0 radical (unpaired) electrons. The van der Waals surface area contributed by atoms with Gasteiger partial charge in [-0.15, -0.1) is 0 Å². The van der Waals surface area contributed by atoms with Crippen molar-refractivity contribution >= 4 is 33.4 Å². The number of aryl methyl sites for hydroxylation is 2. The molecule has 1 aromatic heterocycles. The van der Waals surface area contributed by atoms with Crippen molar-refractivity contribution in [1.29, 1.82) is 0 Å². The first-order chi connectivity index (χ1) is 9.97. The Balaban J connectivity index is 2.21. The molecule has 112 valence electrons. The third-order valence-electron chi connectivity index (χ3n) is 3.27. The summed E-state index contributed by atoms with van der Waals surface area (Å²) in [5, 5.41) is 6.64. The van der Waals surface area contributed by atoms with Crippen LogP contribution in [0, 0.1) is 13.8 Å². The number of hydrogen-bond acceptors (Lipinski definition) is 4. The zero-order valence-corrected chi connectivity index (χ0v) is 14.5. The molecule has 5 heteroatoms. The fourth-order valence-corrected chi connectivity index (χ4v) is 2.15. The lowest BCUT2D eigenvalue weighted by Gasteiger charge is -2.14. The SMILES string of the molecule is CCC(C)Nc1cc(C)nc(Nc2ccc(Br)c(C)c2)n1. The summed E-state index contributed by atoms with van der Waals surface area (Å²) < 4.78 is 1.09. The van der Waals surface area contributed by atoms with Gasteiger partial charge in [-0.3, -0.25) is 0 Å². The zero-order chi connectivity index (χ0) is 15.4. The Morgan fingerprint density at radius 1 is 1.19 bits per heavy atom. The predicted molar refractivity (Wildman–Crippen MR) is 92.3 cm³/mol. The van der Waals surface area contributed by atoms with Crippen molar-refractivity contribution in [2.24, 2.45) is 0 Å². The average Bonchev–Trinajstić information content (AvgIpc) is 2.42. The summed E-state index contributed by atoms with van der Waals surface area (Å²) in [5.41, 5.74) is 3.09. The Hall–Kier alpha value is -1.62. The van der Waals surface area contributed by atoms with E-state index in [1.165, 1.54) is 5.56 Å². The first-order valence-corrected chi connectivity index (χ1v) is 7.92. The number of anilines is 3. The molecule has 0 fully saturated rings. The molecular formula is C16H21BrN4. The highest BCUT2D eigenvalue weighted by molar-refractivity contribution is 9.10. The zero-order valence-electron chi connectivity index (χ0n) is 12.9. The standard InChI is InChI=1S/C16H21BrN4/c1-5-11(3)18-15-9-12(4)19-16(21-15)20-13-6-7-14(17)10(2)8-13/h6-9,11H,5H2,1-4H3,(H2,18,19,20,21). The third kappa shape index (κ3) is 4.43. The summed E-state index contributed by atoms with van der Waals surface area (Å²) in [5.74, 6) is 1.47. The van der Waals surface area contributed by atoms with Crippen LogP contribution in [-0.2, 0) is 0 Å². The molecule has 1 unspecified atom stereocenters. The maximum absolute atomic E-state index is 4.52. The predicted octanol–water partition coefficient (Wildman–Crippen LogP) is 4.81. The molecule has 1 aromatic carbocycles. The van der Waals surface area contributed by atoms with Crippen LogP contribution >= 0.6 is 15.9 Å². The molecule has 2 N–H and O–H groups in total. The van der Waals surface area contributed by atoms with Gasteiger partial charge in [-0.2, -0.15) is 4.98 Å². The Bertz CT molecular complexity index is 628. The van der Waals surface area contributed by atoms with Crippen LogP contribution in [0.5, 0.6) is 0 Å². The molecule has 0 saturated heterocycles. The summed E-state index contributed by atoms with van der Waals surface area (Å²) in [6.07, 6.45) is 1.05. The third-order valence-corrected chi connectivity index (χ3v) is 4.16. The summed E-state index contributed by atoms with van der Waals surface area (Å²) in [4.78, 5) is 8.96. The topological polar surface area (TPSA) is 49.8 Å². The van der Waals surface area contributed by atoms with E-state index < -0.39 is 0 Å². The van der Waals surface area contributed by atoms with Crippen LogP contribution in [0.1, 0.15) is 31.5 Å². The monoisotopic (exact) mass is 348 g/mol. The molecule has 0 aliphatic rings. The fraction of sp³-hybridized carbons (Fsp3) is 0.375. The quantitative estimate of drug-likeness (QED) is 0.813. The molecule has 0 bridgehead atoms. The Morgan fingerprint density at radius 2 is 1.95 bits per heavy atom. The number of halogens is 1. The number of nitrogens with zero attached hydrogens (tertiary/aromatic N) is 2. The van der Waals surface area contributed by atoms with Crippen molar-refractivity contribution < 1.29 is 0 Å². The molecule has 1 heterocycles. The van der Waals surface area contributed by atoms with Gasteiger partial charge in [0.1, 0.15) is 5.82 Å². The van der Waals surface area contributed by atoms with Gasteiger partial charge in [-0.25, -0.2) is 4.98 Å². The van der Waals surface area contributed by atoms with Crippen molar-refractivity contribution in [2.45, 2.75) is 40.2 Å². The Kier molecular flexibility index (Phi) is 5.17. The summed E-state index contributed by atoms with van der Waals surface area (Å²) in [6.45, 7) is 8.32. The highest BCUT2D eigenvalue weighted by atomic mass is 79.9. The molecule has 21 heavy (non-hydrogen) atoms. The highest BCUT2D eigenvalue weighted by Crippen LogP contribution is 2.22. The largest absolute Gasteiger partial charge is 0.367 e. The normalized spacial score (nSPS) is 12.0. The Morgan fingerprint density at radius 3 is 2.62 bits per heavy atom. The second kappa shape index (κ2) is 6.89. The van der Waals surface area contributed by atoms with Gasteiger partial charge in [0.15, 0.2) is 0 Å². The van der Waals surface area contributed by atoms with E-state index in [4.69, 9.17) is 0 Å². The van der Waals surface area contributed by atoms with Crippen molar-refractivity contribution in [1.82, 2.24) is 9.97 Å². The molecule has 0 aliphatic carbocycles. The minimum Gasteiger partial charge on any atom is -0.367 e. The van der Waals surface area contributed by atoms with Crippen LogP contribution in [0.2, 0.25) is 0 Å². The maximum atomic E-state index is 4.52. The second-order valence-corrected chi connectivity index (χ2v) is 6.12. The first-order valence-electron chi connectivity index (χ1n) is 7.13. The minimum absolute atomic E-state index is 0.391. The highest BCUT2D eigenvalue weighted by Gasteiger charge is 2.06. The smallest absolute Gasteiger partial charge is 0.229 e. The van der Waals surface area contributed by atoms with E-state index in [-0.39, 0.29) is 0 Å². The van der Waals surface area contributed by atoms with Gasteiger partial charge in [-0.1, -0.05) is 22.9 Å². The van der Waals surface area contributed by atoms with Crippen LogP contribution in [0.4, 0.5) is 17.5 Å². The molecular weight excluding hydrogens is 328 g/mol. The van der Waals surface area contributed by atoms with E-state index in [9.17, 15) is 0 Å². The number of rotatable bonds is 5. The number of aromatic nitrogens is 2. The molecule has 0 saturated carbocycles. The van der Waals surface area contributed by atoms with E-state index >= 15 is 0 Å². The molecule has 1 atom stereocenters. The van der Waals surface area contributed by atoms with Crippen LogP contribution in [0.25, 0.3) is 0 Å². The van der Waals surface area contributed by atoms with E-state index in [0.717, 1.165) is 28.1 Å². The number of nitrogens with one attached hydrogen (secondary N) is 2. The second-order valence-electron chi connectivity index (χ2n) is 5.26. The average molecular weight is 349 g/mol. The van der Waals surface area contributed by atoms with E-state index in [0.29, 0.717) is 12.0 Å². The van der Waals surface area contributed by atoms with Crippen molar-refractivity contribution in [2.75, 3.05) is 10.6 Å². The van der Waals surface area contributed by atoms with Crippen LogP contribution < -0.4 is 10.6 Å². The lowest BCUT2D eigenvalue weighted by molar-refractivity contribution is 0.758. The number of hydrogen-bond donors (Lipinski definition) is 2. The van der Waals surface area contributed by atoms with Crippen molar-refractivity contribution in [3.8, 4) is 0 Å². The molecule has 0 aliphatic heterocycles. The lowest BCUT2D eigenvalue weighted by atomic mass is 10.2. The van der Waals surface area contributed by atoms with Gasteiger partial charge in [-0.05, 0) is 51.0 Å². The summed E-state index contributed by atoms with van der Waals surface area (Å²) in [7, 11) is 0. The van der Waals surface area contributed by atoms with Crippen LogP contribution in [0.15, 0.2) is 28.7 Å².